The molecule has 1 heterocycles. The first-order chi connectivity index (χ1) is 8.79. The van der Waals surface area contributed by atoms with Gasteiger partial charge >= 0.3 is 0 Å². The predicted molar refractivity (Wildman–Crippen MR) is 81.2 cm³/mol. The number of hydrogen-bond acceptors (Lipinski definition) is 2. The van der Waals surface area contributed by atoms with E-state index in [4.69, 9.17) is 0 Å². The number of hydrogen-bond donors (Lipinski definition) is 1. The van der Waals surface area contributed by atoms with Gasteiger partial charge in [-0.15, -0.1) is 11.3 Å². The van der Waals surface area contributed by atoms with Crippen LogP contribution in [-0.2, 0) is 6.42 Å². The third-order valence-corrected chi connectivity index (χ3v) is 5.10. The molecule has 1 nitrogen and oxygen atoms in total. The number of rotatable bonds is 6. The summed E-state index contributed by atoms with van der Waals surface area (Å²) in [4.78, 5) is 1.54. The lowest BCUT2D eigenvalue weighted by Gasteiger charge is -2.34. The highest BCUT2D eigenvalue weighted by atomic mass is 32.1. The quantitative estimate of drug-likeness (QED) is 0.799. The largest absolute Gasteiger partial charge is 0.313 e. The van der Waals surface area contributed by atoms with Crippen LogP contribution in [0.3, 0.4) is 0 Å². The Morgan fingerprint density at radius 2 is 2.33 bits per heavy atom. The van der Waals surface area contributed by atoms with E-state index in [9.17, 15) is 0 Å². The molecule has 0 spiro atoms. The van der Waals surface area contributed by atoms with Crippen LogP contribution in [0.25, 0.3) is 0 Å². The molecule has 1 aromatic rings. The minimum absolute atomic E-state index is 0.700. The highest BCUT2D eigenvalue weighted by molar-refractivity contribution is 7.09. The van der Waals surface area contributed by atoms with Crippen LogP contribution in [0.2, 0.25) is 0 Å². The third kappa shape index (κ3) is 4.10. The summed E-state index contributed by atoms with van der Waals surface area (Å²) in [6.07, 6.45) is 8.19. The van der Waals surface area contributed by atoms with E-state index < -0.39 is 0 Å². The Labute approximate surface area is 116 Å². The van der Waals surface area contributed by atoms with E-state index in [2.05, 4.69) is 36.7 Å². The van der Waals surface area contributed by atoms with Gasteiger partial charge in [-0.2, -0.15) is 0 Å². The Kier molecular flexibility index (Phi) is 5.71. The lowest BCUT2D eigenvalue weighted by atomic mass is 9.77. The van der Waals surface area contributed by atoms with Crippen LogP contribution in [0, 0.1) is 11.8 Å². The molecule has 1 N–H and O–H groups in total. The van der Waals surface area contributed by atoms with Gasteiger partial charge < -0.3 is 5.32 Å². The van der Waals surface area contributed by atoms with Crippen molar-refractivity contribution in [2.75, 3.05) is 6.54 Å². The van der Waals surface area contributed by atoms with Crippen molar-refractivity contribution < 1.29 is 0 Å². The van der Waals surface area contributed by atoms with Gasteiger partial charge in [0, 0.05) is 10.9 Å². The van der Waals surface area contributed by atoms with Crippen molar-refractivity contribution in [3.63, 3.8) is 0 Å². The molecule has 1 saturated carbocycles. The highest BCUT2D eigenvalue weighted by Crippen LogP contribution is 2.32. The second kappa shape index (κ2) is 7.30. The van der Waals surface area contributed by atoms with Gasteiger partial charge in [0.1, 0.15) is 0 Å². The van der Waals surface area contributed by atoms with Crippen LogP contribution < -0.4 is 5.32 Å². The summed E-state index contributed by atoms with van der Waals surface area (Å²) in [5.41, 5.74) is 0. The first kappa shape index (κ1) is 14.1. The summed E-state index contributed by atoms with van der Waals surface area (Å²) in [5, 5.41) is 6.01. The molecule has 0 bridgehead atoms. The maximum absolute atomic E-state index is 3.80. The molecule has 1 fully saturated rings. The minimum atomic E-state index is 0.700. The van der Waals surface area contributed by atoms with E-state index in [0.717, 1.165) is 11.8 Å². The van der Waals surface area contributed by atoms with E-state index >= 15 is 0 Å². The Morgan fingerprint density at radius 1 is 1.44 bits per heavy atom. The molecule has 0 amide bonds. The zero-order chi connectivity index (χ0) is 12.8. The zero-order valence-corrected chi connectivity index (χ0v) is 12.6. The smallest absolute Gasteiger partial charge is 0.0144 e. The molecule has 102 valence electrons. The average Bonchev–Trinajstić information content (AvgIpc) is 2.87. The van der Waals surface area contributed by atoms with Gasteiger partial charge in [0.05, 0.1) is 0 Å². The van der Waals surface area contributed by atoms with Crippen LogP contribution in [0.15, 0.2) is 17.5 Å². The highest BCUT2D eigenvalue weighted by Gasteiger charge is 2.26. The van der Waals surface area contributed by atoms with Gasteiger partial charge in [-0.1, -0.05) is 32.8 Å². The summed E-state index contributed by atoms with van der Waals surface area (Å²) >= 11 is 1.91. The van der Waals surface area contributed by atoms with Crippen molar-refractivity contribution in [1.82, 2.24) is 5.32 Å². The molecule has 0 saturated heterocycles. The van der Waals surface area contributed by atoms with Crippen molar-refractivity contribution in [3.05, 3.63) is 22.4 Å². The first-order valence-corrected chi connectivity index (χ1v) is 8.43. The minimum Gasteiger partial charge on any atom is -0.313 e. The Hall–Kier alpha value is -0.340. The van der Waals surface area contributed by atoms with Crippen LogP contribution in [0.5, 0.6) is 0 Å². The topological polar surface area (TPSA) is 12.0 Å². The van der Waals surface area contributed by atoms with E-state index in [0.29, 0.717) is 6.04 Å². The Bertz CT molecular complexity index is 320. The van der Waals surface area contributed by atoms with Crippen molar-refractivity contribution in [1.29, 1.82) is 0 Å². The fourth-order valence-electron chi connectivity index (χ4n) is 3.23. The Balaban J connectivity index is 1.94. The van der Waals surface area contributed by atoms with E-state index in [1.165, 1.54) is 45.1 Å². The van der Waals surface area contributed by atoms with Gasteiger partial charge in [-0.25, -0.2) is 0 Å². The fourth-order valence-corrected chi connectivity index (χ4v) is 3.99. The van der Waals surface area contributed by atoms with Gasteiger partial charge in [0.2, 0.25) is 0 Å². The summed E-state index contributed by atoms with van der Waals surface area (Å²) < 4.78 is 0. The molecule has 0 aliphatic heterocycles. The Morgan fingerprint density at radius 3 is 3.00 bits per heavy atom. The summed E-state index contributed by atoms with van der Waals surface area (Å²) in [7, 11) is 0. The molecule has 2 heteroatoms. The molecular formula is C16H27NS. The average molecular weight is 265 g/mol. The molecular weight excluding hydrogens is 238 g/mol. The normalized spacial score (nSPS) is 26.1. The van der Waals surface area contributed by atoms with Gasteiger partial charge in [-0.05, 0) is 55.5 Å². The van der Waals surface area contributed by atoms with E-state index in [1.807, 2.05) is 11.3 Å². The summed E-state index contributed by atoms with van der Waals surface area (Å²) in [6, 6.07) is 5.17. The molecule has 0 aromatic carbocycles. The zero-order valence-electron chi connectivity index (χ0n) is 11.8. The lowest BCUT2D eigenvalue weighted by Crippen LogP contribution is -2.40. The monoisotopic (exact) mass is 265 g/mol. The fraction of sp³-hybridized carbons (Fsp3) is 0.750. The maximum Gasteiger partial charge on any atom is 0.0144 e. The molecule has 3 unspecified atom stereocenters. The van der Waals surface area contributed by atoms with Crippen molar-refractivity contribution in [2.45, 2.75) is 58.4 Å². The summed E-state index contributed by atoms with van der Waals surface area (Å²) in [6.45, 7) is 5.85. The third-order valence-electron chi connectivity index (χ3n) is 4.20. The van der Waals surface area contributed by atoms with Crippen molar-refractivity contribution >= 4 is 11.3 Å². The van der Waals surface area contributed by atoms with Crippen LogP contribution in [0.4, 0.5) is 0 Å². The molecule has 18 heavy (non-hydrogen) atoms. The second-order valence-corrected chi connectivity index (χ2v) is 6.91. The molecule has 1 aromatic heterocycles. The van der Waals surface area contributed by atoms with Crippen LogP contribution >= 0.6 is 11.3 Å². The van der Waals surface area contributed by atoms with Gasteiger partial charge in [0.25, 0.3) is 0 Å². The van der Waals surface area contributed by atoms with Gasteiger partial charge in [0.15, 0.2) is 0 Å². The second-order valence-electron chi connectivity index (χ2n) is 5.88. The van der Waals surface area contributed by atoms with Crippen LogP contribution in [-0.4, -0.2) is 12.6 Å². The molecule has 1 aliphatic carbocycles. The molecule has 1 aliphatic rings. The van der Waals surface area contributed by atoms with Crippen molar-refractivity contribution in [2.24, 2.45) is 11.8 Å². The predicted octanol–water partition coefficient (Wildman–Crippen LogP) is 4.49. The van der Waals surface area contributed by atoms with E-state index in [-0.39, 0.29) is 0 Å². The number of thiophene rings is 1. The SMILES string of the molecule is CCCNC(Cc1cccs1)C1CCCC(C)C1. The molecule has 2 rings (SSSR count). The lowest BCUT2D eigenvalue weighted by molar-refractivity contribution is 0.221. The molecule has 3 atom stereocenters. The first-order valence-electron chi connectivity index (χ1n) is 7.55. The standard InChI is InChI=1S/C16H27NS/c1-3-9-17-16(12-15-8-5-10-18-15)14-7-4-6-13(2)11-14/h5,8,10,13-14,16-17H,3-4,6-7,9,11-12H2,1-2H3. The van der Waals surface area contributed by atoms with Crippen molar-refractivity contribution in [3.8, 4) is 0 Å². The van der Waals surface area contributed by atoms with Crippen LogP contribution in [0.1, 0.15) is 50.8 Å². The summed E-state index contributed by atoms with van der Waals surface area (Å²) in [5.74, 6) is 1.82. The number of nitrogens with one attached hydrogen (secondary N) is 1. The maximum atomic E-state index is 3.80. The van der Waals surface area contributed by atoms with E-state index in [1.54, 1.807) is 4.88 Å². The van der Waals surface area contributed by atoms with Gasteiger partial charge in [-0.3, -0.25) is 0 Å². The molecule has 0 radical (unpaired) electrons.